The maximum Gasteiger partial charge on any atom is 0.142 e. The van der Waals surface area contributed by atoms with Crippen LogP contribution in [0.15, 0.2) is 48.7 Å². The number of aromatic nitrogens is 2. The van der Waals surface area contributed by atoms with Gasteiger partial charge in [0.25, 0.3) is 0 Å². The summed E-state index contributed by atoms with van der Waals surface area (Å²) in [6.45, 7) is 8.59. The van der Waals surface area contributed by atoms with Gasteiger partial charge in [-0.25, -0.2) is 4.98 Å². The molecule has 2 heterocycles. The van der Waals surface area contributed by atoms with Crippen LogP contribution in [-0.2, 0) is 0 Å². The average molecular weight is 279 g/mol. The SMILES string of the molecule is Cc1cccn2c(NC(C)(C)C)c(-c3ccccc3)nc12. The van der Waals surface area contributed by atoms with E-state index in [4.69, 9.17) is 4.98 Å². The number of rotatable bonds is 2. The first-order valence-corrected chi connectivity index (χ1v) is 7.27. The summed E-state index contributed by atoms with van der Waals surface area (Å²) >= 11 is 0. The van der Waals surface area contributed by atoms with Gasteiger partial charge in [0.15, 0.2) is 0 Å². The Hall–Kier alpha value is -2.29. The number of nitrogens with zero attached hydrogens (tertiary/aromatic N) is 2. The van der Waals surface area contributed by atoms with Gasteiger partial charge in [0.2, 0.25) is 0 Å². The highest BCUT2D eigenvalue weighted by Crippen LogP contribution is 2.31. The number of fused-ring (bicyclic) bond motifs is 1. The Morgan fingerprint density at radius 3 is 2.38 bits per heavy atom. The smallest absolute Gasteiger partial charge is 0.142 e. The fourth-order valence-electron chi connectivity index (χ4n) is 2.48. The van der Waals surface area contributed by atoms with Gasteiger partial charge in [0.05, 0.1) is 0 Å². The molecular weight excluding hydrogens is 258 g/mol. The Labute approximate surface area is 125 Å². The van der Waals surface area contributed by atoms with E-state index in [0.717, 1.165) is 22.7 Å². The van der Waals surface area contributed by atoms with Crippen molar-refractivity contribution in [3.8, 4) is 11.3 Å². The number of imidazole rings is 1. The molecule has 3 heteroatoms. The molecule has 108 valence electrons. The van der Waals surface area contributed by atoms with E-state index in [1.807, 2.05) is 18.2 Å². The van der Waals surface area contributed by atoms with Gasteiger partial charge in [-0.15, -0.1) is 0 Å². The van der Waals surface area contributed by atoms with Crippen molar-refractivity contribution in [1.82, 2.24) is 9.38 Å². The van der Waals surface area contributed by atoms with E-state index in [1.165, 1.54) is 5.56 Å². The minimum absolute atomic E-state index is 0.0246. The van der Waals surface area contributed by atoms with E-state index in [2.05, 4.69) is 67.9 Å². The number of pyridine rings is 1. The van der Waals surface area contributed by atoms with Gasteiger partial charge in [0, 0.05) is 17.3 Å². The van der Waals surface area contributed by atoms with Crippen LogP contribution in [-0.4, -0.2) is 14.9 Å². The molecule has 0 unspecified atom stereocenters. The summed E-state index contributed by atoms with van der Waals surface area (Å²) < 4.78 is 2.14. The molecule has 0 spiro atoms. The van der Waals surface area contributed by atoms with E-state index in [1.54, 1.807) is 0 Å². The molecule has 0 radical (unpaired) electrons. The van der Waals surface area contributed by atoms with Crippen LogP contribution in [0.4, 0.5) is 5.82 Å². The van der Waals surface area contributed by atoms with E-state index in [0.29, 0.717) is 0 Å². The Bertz CT molecular complexity index is 764. The third-order valence-corrected chi connectivity index (χ3v) is 3.39. The second-order valence-electron chi connectivity index (χ2n) is 6.43. The lowest BCUT2D eigenvalue weighted by Crippen LogP contribution is -2.27. The first kappa shape index (κ1) is 13.7. The summed E-state index contributed by atoms with van der Waals surface area (Å²) in [5, 5.41) is 3.60. The molecular formula is C18H21N3. The molecule has 1 N–H and O–H groups in total. The molecule has 3 aromatic rings. The fourth-order valence-corrected chi connectivity index (χ4v) is 2.48. The predicted molar refractivity (Wildman–Crippen MR) is 88.7 cm³/mol. The van der Waals surface area contributed by atoms with Gasteiger partial charge >= 0.3 is 0 Å². The van der Waals surface area contributed by atoms with Crippen molar-refractivity contribution in [3.05, 3.63) is 54.2 Å². The molecule has 0 aliphatic carbocycles. The number of hydrogen-bond acceptors (Lipinski definition) is 2. The molecule has 21 heavy (non-hydrogen) atoms. The topological polar surface area (TPSA) is 29.3 Å². The molecule has 3 rings (SSSR count). The Balaban J connectivity index is 2.28. The highest BCUT2D eigenvalue weighted by Gasteiger charge is 2.19. The summed E-state index contributed by atoms with van der Waals surface area (Å²) in [6.07, 6.45) is 2.07. The van der Waals surface area contributed by atoms with Crippen molar-refractivity contribution in [1.29, 1.82) is 0 Å². The monoisotopic (exact) mass is 279 g/mol. The molecule has 0 bridgehead atoms. The molecule has 0 amide bonds. The lowest BCUT2D eigenvalue weighted by atomic mass is 10.1. The molecule has 0 atom stereocenters. The minimum Gasteiger partial charge on any atom is -0.365 e. The van der Waals surface area contributed by atoms with Gasteiger partial charge in [-0.2, -0.15) is 0 Å². The number of nitrogens with one attached hydrogen (secondary N) is 1. The summed E-state index contributed by atoms with van der Waals surface area (Å²) in [5.74, 6) is 1.05. The number of aryl methyl sites for hydroxylation is 1. The molecule has 1 aromatic carbocycles. The zero-order valence-electron chi connectivity index (χ0n) is 13.0. The van der Waals surface area contributed by atoms with Crippen molar-refractivity contribution < 1.29 is 0 Å². The van der Waals surface area contributed by atoms with Crippen LogP contribution in [0.1, 0.15) is 26.3 Å². The number of benzene rings is 1. The summed E-state index contributed by atoms with van der Waals surface area (Å²) in [6, 6.07) is 14.5. The Morgan fingerprint density at radius 1 is 1.00 bits per heavy atom. The zero-order chi connectivity index (χ0) is 15.0. The molecule has 0 aliphatic heterocycles. The van der Waals surface area contributed by atoms with Crippen LogP contribution in [0.2, 0.25) is 0 Å². The largest absolute Gasteiger partial charge is 0.365 e. The van der Waals surface area contributed by atoms with Crippen LogP contribution in [0.3, 0.4) is 0 Å². The standard InChI is InChI=1S/C18H21N3/c1-13-9-8-12-21-16(13)19-15(14-10-6-5-7-11-14)17(21)20-18(2,3)4/h5-12,20H,1-4H3. The summed E-state index contributed by atoms with van der Waals surface area (Å²) in [4.78, 5) is 4.87. The van der Waals surface area contributed by atoms with Crippen molar-refractivity contribution >= 4 is 11.5 Å². The van der Waals surface area contributed by atoms with Gasteiger partial charge in [-0.1, -0.05) is 36.4 Å². The quantitative estimate of drug-likeness (QED) is 0.747. The zero-order valence-corrected chi connectivity index (χ0v) is 13.0. The van der Waals surface area contributed by atoms with Gasteiger partial charge < -0.3 is 5.32 Å². The number of anilines is 1. The van der Waals surface area contributed by atoms with Crippen LogP contribution in [0.25, 0.3) is 16.9 Å². The van der Waals surface area contributed by atoms with Gasteiger partial charge in [0.1, 0.15) is 17.2 Å². The van der Waals surface area contributed by atoms with Crippen LogP contribution in [0, 0.1) is 6.92 Å². The molecule has 3 nitrogen and oxygen atoms in total. The Kier molecular flexibility index (Phi) is 3.20. The Morgan fingerprint density at radius 2 is 1.71 bits per heavy atom. The first-order chi connectivity index (χ1) is 9.96. The van der Waals surface area contributed by atoms with Crippen LogP contribution in [0.5, 0.6) is 0 Å². The second kappa shape index (κ2) is 4.92. The highest BCUT2D eigenvalue weighted by atomic mass is 15.2. The van der Waals surface area contributed by atoms with Crippen LogP contribution < -0.4 is 5.32 Å². The third kappa shape index (κ3) is 2.64. The minimum atomic E-state index is -0.0246. The summed E-state index contributed by atoms with van der Waals surface area (Å²) in [5.41, 5.74) is 4.29. The summed E-state index contributed by atoms with van der Waals surface area (Å²) in [7, 11) is 0. The van der Waals surface area contributed by atoms with Crippen molar-refractivity contribution in [2.24, 2.45) is 0 Å². The van der Waals surface area contributed by atoms with E-state index < -0.39 is 0 Å². The number of hydrogen-bond donors (Lipinski definition) is 1. The normalized spacial score (nSPS) is 11.8. The van der Waals surface area contributed by atoms with Gasteiger partial charge in [-0.05, 0) is 39.3 Å². The predicted octanol–water partition coefficient (Wildman–Crippen LogP) is 4.52. The van der Waals surface area contributed by atoms with Crippen molar-refractivity contribution in [2.75, 3.05) is 5.32 Å². The third-order valence-electron chi connectivity index (χ3n) is 3.39. The van der Waals surface area contributed by atoms with Crippen molar-refractivity contribution in [3.63, 3.8) is 0 Å². The first-order valence-electron chi connectivity index (χ1n) is 7.27. The van der Waals surface area contributed by atoms with Crippen LogP contribution >= 0.6 is 0 Å². The molecule has 0 saturated heterocycles. The highest BCUT2D eigenvalue weighted by molar-refractivity contribution is 5.77. The molecule has 0 aliphatic rings. The van der Waals surface area contributed by atoms with E-state index in [-0.39, 0.29) is 5.54 Å². The molecule has 2 aromatic heterocycles. The van der Waals surface area contributed by atoms with Gasteiger partial charge in [-0.3, -0.25) is 4.40 Å². The van der Waals surface area contributed by atoms with E-state index in [9.17, 15) is 0 Å². The van der Waals surface area contributed by atoms with Crippen molar-refractivity contribution in [2.45, 2.75) is 33.2 Å². The maximum absolute atomic E-state index is 4.87. The second-order valence-corrected chi connectivity index (χ2v) is 6.43. The maximum atomic E-state index is 4.87. The molecule has 0 saturated carbocycles. The lowest BCUT2D eigenvalue weighted by Gasteiger charge is -2.22. The average Bonchev–Trinajstić information content (AvgIpc) is 2.78. The fraction of sp³-hybridized carbons (Fsp3) is 0.278. The van der Waals surface area contributed by atoms with E-state index >= 15 is 0 Å². The lowest BCUT2D eigenvalue weighted by molar-refractivity contribution is 0.629. The molecule has 0 fully saturated rings.